The Balaban J connectivity index is 1.94. The van der Waals surface area contributed by atoms with Crippen LogP contribution in [0.1, 0.15) is 18.1 Å². The number of benzene rings is 1. The summed E-state index contributed by atoms with van der Waals surface area (Å²) in [6, 6.07) is 6.75. The summed E-state index contributed by atoms with van der Waals surface area (Å²) in [7, 11) is 0. The quantitative estimate of drug-likeness (QED) is 0.777. The molecule has 0 aliphatic carbocycles. The van der Waals surface area contributed by atoms with Crippen molar-refractivity contribution in [1.82, 2.24) is 0 Å². The Kier molecular flexibility index (Phi) is 4.95. The van der Waals surface area contributed by atoms with Gasteiger partial charge < -0.3 is 9.47 Å². The molecule has 2 nitrogen and oxygen atoms in total. The molecule has 1 fully saturated rings. The standard InChI is InChI=1S/C13H16BrFO2/c14-7-13(11-3-1-2-4-12(11)15)17-9-10-5-6-16-8-10/h1-4,10,13H,5-9H2. The van der Waals surface area contributed by atoms with Gasteiger partial charge in [0.1, 0.15) is 5.82 Å². The summed E-state index contributed by atoms with van der Waals surface area (Å²) in [6.45, 7) is 2.20. The summed E-state index contributed by atoms with van der Waals surface area (Å²) in [5.41, 5.74) is 0.614. The summed E-state index contributed by atoms with van der Waals surface area (Å²) in [5.74, 6) is 0.239. The Morgan fingerprint density at radius 1 is 1.47 bits per heavy atom. The van der Waals surface area contributed by atoms with Crippen molar-refractivity contribution in [2.24, 2.45) is 5.92 Å². The van der Waals surface area contributed by atoms with E-state index in [2.05, 4.69) is 15.9 Å². The highest BCUT2D eigenvalue weighted by molar-refractivity contribution is 9.09. The molecule has 94 valence electrons. The lowest BCUT2D eigenvalue weighted by Gasteiger charge is -2.18. The largest absolute Gasteiger partial charge is 0.381 e. The Morgan fingerprint density at radius 3 is 2.94 bits per heavy atom. The van der Waals surface area contributed by atoms with Crippen molar-refractivity contribution in [2.45, 2.75) is 12.5 Å². The van der Waals surface area contributed by atoms with E-state index in [0.29, 0.717) is 23.4 Å². The molecular weight excluding hydrogens is 287 g/mol. The van der Waals surface area contributed by atoms with E-state index in [1.165, 1.54) is 6.07 Å². The van der Waals surface area contributed by atoms with Gasteiger partial charge >= 0.3 is 0 Å². The molecule has 2 rings (SSSR count). The summed E-state index contributed by atoms with van der Waals surface area (Å²) in [5, 5.41) is 0.599. The number of hydrogen-bond donors (Lipinski definition) is 0. The maximum absolute atomic E-state index is 13.6. The highest BCUT2D eigenvalue weighted by Crippen LogP contribution is 2.24. The zero-order chi connectivity index (χ0) is 12.1. The molecule has 0 aromatic heterocycles. The van der Waals surface area contributed by atoms with E-state index in [0.717, 1.165) is 19.6 Å². The minimum Gasteiger partial charge on any atom is -0.381 e. The van der Waals surface area contributed by atoms with E-state index >= 15 is 0 Å². The van der Waals surface area contributed by atoms with Crippen molar-refractivity contribution in [3.05, 3.63) is 35.6 Å². The first-order valence-electron chi connectivity index (χ1n) is 5.81. The fourth-order valence-electron chi connectivity index (χ4n) is 1.92. The van der Waals surface area contributed by atoms with Gasteiger partial charge in [0.05, 0.1) is 19.3 Å². The Bertz CT molecular complexity index is 353. The molecule has 0 saturated carbocycles. The number of hydrogen-bond acceptors (Lipinski definition) is 2. The molecular formula is C13H16BrFO2. The van der Waals surface area contributed by atoms with Crippen LogP contribution in [-0.2, 0) is 9.47 Å². The van der Waals surface area contributed by atoms with Gasteiger partial charge in [0.15, 0.2) is 0 Å². The fraction of sp³-hybridized carbons (Fsp3) is 0.538. The lowest BCUT2D eigenvalue weighted by molar-refractivity contribution is 0.0374. The number of halogens is 2. The van der Waals surface area contributed by atoms with Crippen molar-refractivity contribution in [3.63, 3.8) is 0 Å². The van der Waals surface area contributed by atoms with Gasteiger partial charge in [-0.05, 0) is 12.5 Å². The van der Waals surface area contributed by atoms with Crippen LogP contribution in [0.2, 0.25) is 0 Å². The monoisotopic (exact) mass is 302 g/mol. The van der Waals surface area contributed by atoms with Crippen molar-refractivity contribution in [3.8, 4) is 0 Å². The highest BCUT2D eigenvalue weighted by atomic mass is 79.9. The molecule has 2 atom stereocenters. The third-order valence-corrected chi connectivity index (χ3v) is 3.54. The first-order chi connectivity index (χ1) is 8.31. The molecule has 1 heterocycles. The maximum Gasteiger partial charge on any atom is 0.129 e. The summed E-state index contributed by atoms with van der Waals surface area (Å²) in [6.07, 6.45) is 0.809. The van der Waals surface area contributed by atoms with Crippen LogP contribution in [0.15, 0.2) is 24.3 Å². The normalized spacial score (nSPS) is 21.6. The van der Waals surface area contributed by atoms with Gasteiger partial charge in [0, 0.05) is 23.4 Å². The molecule has 0 amide bonds. The molecule has 1 aliphatic rings. The van der Waals surface area contributed by atoms with Crippen molar-refractivity contribution in [2.75, 3.05) is 25.2 Å². The van der Waals surface area contributed by atoms with Gasteiger partial charge in [-0.2, -0.15) is 0 Å². The predicted molar refractivity (Wildman–Crippen MR) is 67.8 cm³/mol. The van der Waals surface area contributed by atoms with Crippen LogP contribution in [-0.4, -0.2) is 25.2 Å². The molecule has 1 aromatic rings. The van der Waals surface area contributed by atoms with Crippen molar-refractivity contribution >= 4 is 15.9 Å². The third-order valence-electron chi connectivity index (χ3n) is 2.95. The number of rotatable bonds is 5. The second kappa shape index (κ2) is 6.47. The minimum atomic E-state index is -0.225. The first kappa shape index (κ1) is 13.0. The van der Waals surface area contributed by atoms with Crippen LogP contribution in [0.25, 0.3) is 0 Å². The van der Waals surface area contributed by atoms with Gasteiger partial charge in [-0.1, -0.05) is 34.1 Å². The molecule has 4 heteroatoms. The van der Waals surface area contributed by atoms with Crippen LogP contribution in [0.5, 0.6) is 0 Å². The third kappa shape index (κ3) is 3.50. The summed E-state index contributed by atoms with van der Waals surface area (Å²) in [4.78, 5) is 0. The van der Waals surface area contributed by atoms with Crippen molar-refractivity contribution in [1.29, 1.82) is 0 Å². The Hall–Kier alpha value is -0.450. The molecule has 1 saturated heterocycles. The zero-order valence-electron chi connectivity index (χ0n) is 9.57. The van der Waals surface area contributed by atoms with Crippen LogP contribution >= 0.6 is 15.9 Å². The Morgan fingerprint density at radius 2 is 2.29 bits per heavy atom. The molecule has 0 bridgehead atoms. The molecule has 2 unspecified atom stereocenters. The van der Waals surface area contributed by atoms with Gasteiger partial charge in [0.25, 0.3) is 0 Å². The topological polar surface area (TPSA) is 18.5 Å². The van der Waals surface area contributed by atoms with Gasteiger partial charge in [-0.15, -0.1) is 0 Å². The van der Waals surface area contributed by atoms with E-state index in [1.807, 2.05) is 6.07 Å². The van der Waals surface area contributed by atoms with Gasteiger partial charge in [-0.25, -0.2) is 4.39 Å². The molecule has 17 heavy (non-hydrogen) atoms. The summed E-state index contributed by atoms with van der Waals surface area (Å²) < 4.78 is 24.7. The molecule has 0 radical (unpaired) electrons. The average Bonchev–Trinajstić information content (AvgIpc) is 2.85. The smallest absolute Gasteiger partial charge is 0.129 e. The first-order valence-corrected chi connectivity index (χ1v) is 6.93. The van der Waals surface area contributed by atoms with E-state index < -0.39 is 0 Å². The molecule has 1 aromatic carbocycles. The van der Waals surface area contributed by atoms with Gasteiger partial charge in [0.2, 0.25) is 0 Å². The average molecular weight is 303 g/mol. The predicted octanol–water partition coefficient (Wildman–Crippen LogP) is 3.31. The minimum absolute atomic E-state index is 0.209. The van der Waals surface area contributed by atoms with Gasteiger partial charge in [-0.3, -0.25) is 0 Å². The van der Waals surface area contributed by atoms with Crippen LogP contribution in [0.3, 0.4) is 0 Å². The summed E-state index contributed by atoms with van der Waals surface area (Å²) >= 11 is 3.37. The zero-order valence-corrected chi connectivity index (χ0v) is 11.2. The van der Waals surface area contributed by atoms with E-state index in [1.54, 1.807) is 12.1 Å². The van der Waals surface area contributed by atoms with E-state index in [9.17, 15) is 4.39 Å². The molecule has 0 spiro atoms. The fourth-order valence-corrected chi connectivity index (χ4v) is 2.46. The highest BCUT2D eigenvalue weighted by Gasteiger charge is 2.20. The second-order valence-corrected chi connectivity index (χ2v) is 4.87. The van der Waals surface area contributed by atoms with Crippen LogP contribution < -0.4 is 0 Å². The molecule has 1 aliphatic heterocycles. The second-order valence-electron chi connectivity index (χ2n) is 4.23. The van der Waals surface area contributed by atoms with E-state index in [-0.39, 0.29) is 11.9 Å². The molecule has 0 N–H and O–H groups in total. The number of alkyl halides is 1. The van der Waals surface area contributed by atoms with E-state index in [4.69, 9.17) is 9.47 Å². The lowest BCUT2D eigenvalue weighted by atomic mass is 10.1. The lowest BCUT2D eigenvalue weighted by Crippen LogP contribution is -2.15. The van der Waals surface area contributed by atoms with Crippen molar-refractivity contribution < 1.29 is 13.9 Å². The SMILES string of the molecule is Fc1ccccc1C(CBr)OCC1CCOC1. The van der Waals surface area contributed by atoms with Crippen LogP contribution in [0, 0.1) is 11.7 Å². The maximum atomic E-state index is 13.6. The van der Waals surface area contributed by atoms with Crippen LogP contribution in [0.4, 0.5) is 4.39 Å². The Labute approximate surface area is 109 Å². The number of ether oxygens (including phenoxy) is 2.